The van der Waals surface area contributed by atoms with E-state index in [1.807, 2.05) is 70.2 Å². The molecule has 0 amide bonds. The van der Waals surface area contributed by atoms with Crippen LogP contribution in [-0.4, -0.2) is 12.6 Å². The first kappa shape index (κ1) is 21.6. The molecule has 4 rings (SSSR count). The van der Waals surface area contributed by atoms with Crippen LogP contribution in [0.4, 0.5) is 0 Å². The lowest BCUT2D eigenvalue weighted by Gasteiger charge is -2.21. The average molecular weight is 425 g/mol. The van der Waals surface area contributed by atoms with E-state index in [1.54, 1.807) is 0 Å². The van der Waals surface area contributed by atoms with E-state index in [4.69, 9.17) is 9.47 Å². The smallest absolute Gasteiger partial charge is 0.316 e. The van der Waals surface area contributed by atoms with Crippen molar-refractivity contribution in [3.8, 4) is 22.6 Å². The number of fused-ring (bicyclic) bond motifs is 2. The molecule has 0 saturated heterocycles. The van der Waals surface area contributed by atoms with Gasteiger partial charge in [0.15, 0.2) is 0 Å². The zero-order valence-electron chi connectivity index (χ0n) is 19.1. The summed E-state index contributed by atoms with van der Waals surface area (Å²) in [5.74, 6) is 1.02. The van der Waals surface area contributed by atoms with Gasteiger partial charge >= 0.3 is 5.97 Å². The quantitative estimate of drug-likeness (QED) is 0.244. The van der Waals surface area contributed by atoms with Crippen LogP contribution in [0.3, 0.4) is 0 Å². The van der Waals surface area contributed by atoms with E-state index in [9.17, 15) is 4.79 Å². The van der Waals surface area contributed by atoms with Gasteiger partial charge in [0.25, 0.3) is 0 Å². The summed E-state index contributed by atoms with van der Waals surface area (Å²) in [6, 6.07) is 22.3. The third kappa shape index (κ3) is 3.99. The lowest BCUT2D eigenvalue weighted by Crippen LogP contribution is -2.25. The van der Waals surface area contributed by atoms with E-state index in [1.165, 1.54) is 0 Å². The number of carbonyl (C=O) groups is 1. The number of rotatable bonds is 5. The number of benzene rings is 4. The molecule has 0 bridgehead atoms. The summed E-state index contributed by atoms with van der Waals surface area (Å²) >= 11 is 0. The standard InChI is InChI=1S/C29H28O3/c1-6-19-12-15-23-21(18-19)14-16-24(31-7-2)26(23)27-22-11-9-8-10-20(22)13-17-25(27)32-28(30)29(3,4)5/h6,8-18H,1,7H2,2-5H3. The molecule has 0 radical (unpaired) electrons. The first-order valence-electron chi connectivity index (χ1n) is 10.9. The molecule has 0 fully saturated rings. The fourth-order valence-corrected chi connectivity index (χ4v) is 3.84. The summed E-state index contributed by atoms with van der Waals surface area (Å²) in [5.41, 5.74) is 2.21. The number of hydrogen-bond acceptors (Lipinski definition) is 3. The van der Waals surface area contributed by atoms with Crippen LogP contribution < -0.4 is 9.47 Å². The molecule has 4 aromatic carbocycles. The molecule has 162 valence electrons. The predicted octanol–water partition coefficient (Wildman–Crippen LogP) is 7.65. The predicted molar refractivity (Wildman–Crippen MR) is 133 cm³/mol. The van der Waals surface area contributed by atoms with E-state index >= 15 is 0 Å². The van der Waals surface area contributed by atoms with Crippen molar-refractivity contribution in [2.75, 3.05) is 6.61 Å². The molecular weight excluding hydrogens is 396 g/mol. The molecule has 3 heteroatoms. The molecule has 0 aliphatic carbocycles. The molecular formula is C29H28O3. The van der Waals surface area contributed by atoms with E-state index in [-0.39, 0.29) is 5.97 Å². The van der Waals surface area contributed by atoms with Crippen LogP contribution in [0.1, 0.15) is 33.3 Å². The average Bonchev–Trinajstić information content (AvgIpc) is 2.78. The van der Waals surface area contributed by atoms with Crippen molar-refractivity contribution >= 4 is 33.6 Å². The topological polar surface area (TPSA) is 35.5 Å². The van der Waals surface area contributed by atoms with Crippen molar-refractivity contribution < 1.29 is 14.3 Å². The van der Waals surface area contributed by atoms with Crippen molar-refractivity contribution in [1.82, 2.24) is 0 Å². The minimum absolute atomic E-state index is 0.277. The SMILES string of the molecule is C=Cc1ccc2c(-c3c(OC(=O)C(C)(C)C)ccc4ccccc34)c(OCC)ccc2c1. The van der Waals surface area contributed by atoms with Crippen molar-refractivity contribution in [2.45, 2.75) is 27.7 Å². The summed E-state index contributed by atoms with van der Waals surface area (Å²) in [6.45, 7) is 12.0. The molecule has 0 spiro atoms. The van der Waals surface area contributed by atoms with Gasteiger partial charge in [-0.1, -0.05) is 61.2 Å². The molecule has 3 nitrogen and oxygen atoms in total. The Morgan fingerprint density at radius 3 is 2.25 bits per heavy atom. The summed E-state index contributed by atoms with van der Waals surface area (Å²) in [5, 5.41) is 4.18. The maximum Gasteiger partial charge on any atom is 0.316 e. The molecule has 0 aliphatic rings. The van der Waals surface area contributed by atoms with E-state index in [0.29, 0.717) is 12.4 Å². The second kappa shape index (κ2) is 8.51. The Labute approximate surface area is 189 Å². The van der Waals surface area contributed by atoms with Crippen molar-refractivity contribution in [1.29, 1.82) is 0 Å². The highest BCUT2D eigenvalue weighted by Gasteiger charge is 2.26. The second-order valence-corrected chi connectivity index (χ2v) is 8.86. The number of carbonyl (C=O) groups excluding carboxylic acids is 1. The van der Waals surface area contributed by atoms with Gasteiger partial charge in [0.05, 0.1) is 12.0 Å². The van der Waals surface area contributed by atoms with Crippen LogP contribution in [0.25, 0.3) is 38.7 Å². The van der Waals surface area contributed by atoms with Gasteiger partial charge in [0, 0.05) is 11.1 Å². The minimum Gasteiger partial charge on any atom is -0.493 e. The maximum atomic E-state index is 12.8. The largest absolute Gasteiger partial charge is 0.493 e. The minimum atomic E-state index is -0.622. The molecule has 0 unspecified atom stereocenters. The van der Waals surface area contributed by atoms with Crippen molar-refractivity contribution in [3.63, 3.8) is 0 Å². The fraction of sp³-hybridized carbons (Fsp3) is 0.207. The maximum absolute atomic E-state index is 12.8. The molecule has 0 aliphatic heterocycles. The zero-order valence-corrected chi connectivity index (χ0v) is 19.1. The first-order valence-corrected chi connectivity index (χ1v) is 10.9. The van der Waals surface area contributed by atoms with Crippen LogP contribution in [0.5, 0.6) is 11.5 Å². The van der Waals surface area contributed by atoms with Gasteiger partial charge in [0.2, 0.25) is 0 Å². The number of ether oxygens (including phenoxy) is 2. The van der Waals surface area contributed by atoms with Gasteiger partial charge in [-0.15, -0.1) is 0 Å². The van der Waals surface area contributed by atoms with Gasteiger partial charge in [-0.3, -0.25) is 4.79 Å². The monoisotopic (exact) mass is 424 g/mol. The van der Waals surface area contributed by atoms with E-state index < -0.39 is 5.41 Å². The molecule has 0 aromatic heterocycles. The second-order valence-electron chi connectivity index (χ2n) is 8.86. The first-order chi connectivity index (χ1) is 15.3. The summed E-state index contributed by atoms with van der Waals surface area (Å²) in [7, 11) is 0. The van der Waals surface area contributed by atoms with Gasteiger partial charge < -0.3 is 9.47 Å². The summed E-state index contributed by atoms with van der Waals surface area (Å²) < 4.78 is 12.1. The lowest BCUT2D eigenvalue weighted by atomic mass is 9.91. The van der Waals surface area contributed by atoms with Crippen molar-refractivity contribution in [2.24, 2.45) is 5.41 Å². The zero-order chi connectivity index (χ0) is 22.9. The third-order valence-electron chi connectivity index (χ3n) is 5.50. The van der Waals surface area contributed by atoms with Crippen LogP contribution in [-0.2, 0) is 4.79 Å². The van der Waals surface area contributed by atoms with Crippen LogP contribution in [0, 0.1) is 5.41 Å². The highest BCUT2D eigenvalue weighted by Crippen LogP contribution is 2.46. The molecule has 32 heavy (non-hydrogen) atoms. The molecule has 0 heterocycles. The van der Waals surface area contributed by atoms with Crippen LogP contribution in [0.2, 0.25) is 0 Å². The van der Waals surface area contributed by atoms with Crippen LogP contribution >= 0.6 is 0 Å². The Balaban J connectivity index is 2.09. The Morgan fingerprint density at radius 2 is 1.53 bits per heavy atom. The molecule has 4 aromatic rings. The molecule has 0 saturated carbocycles. The number of esters is 1. The highest BCUT2D eigenvalue weighted by atomic mass is 16.5. The van der Waals surface area contributed by atoms with E-state index in [2.05, 4.69) is 36.9 Å². The third-order valence-corrected chi connectivity index (χ3v) is 5.50. The fourth-order valence-electron chi connectivity index (χ4n) is 3.84. The van der Waals surface area contributed by atoms with Gasteiger partial charge in [-0.05, 0) is 73.0 Å². The highest BCUT2D eigenvalue weighted by molar-refractivity contribution is 6.10. The van der Waals surface area contributed by atoms with Gasteiger partial charge in [0.1, 0.15) is 11.5 Å². The number of hydrogen-bond donors (Lipinski definition) is 0. The Bertz CT molecular complexity index is 1330. The summed E-state index contributed by atoms with van der Waals surface area (Å²) in [4.78, 5) is 12.8. The molecule has 0 atom stereocenters. The Morgan fingerprint density at radius 1 is 0.875 bits per heavy atom. The normalized spacial score (nSPS) is 11.5. The van der Waals surface area contributed by atoms with Crippen molar-refractivity contribution in [3.05, 3.63) is 78.9 Å². The molecule has 0 N–H and O–H groups in total. The van der Waals surface area contributed by atoms with Crippen LogP contribution in [0.15, 0.2) is 73.3 Å². The van der Waals surface area contributed by atoms with Gasteiger partial charge in [-0.2, -0.15) is 0 Å². The van der Waals surface area contributed by atoms with E-state index in [0.717, 1.165) is 44.0 Å². The Hall–Kier alpha value is -3.59. The van der Waals surface area contributed by atoms with Gasteiger partial charge in [-0.25, -0.2) is 0 Å². The summed E-state index contributed by atoms with van der Waals surface area (Å²) in [6.07, 6.45) is 1.84. The lowest BCUT2D eigenvalue weighted by molar-refractivity contribution is -0.142. The Kier molecular flexibility index (Phi) is 5.75.